The van der Waals surface area contributed by atoms with E-state index in [0.29, 0.717) is 0 Å². The molecule has 1 saturated heterocycles. The lowest BCUT2D eigenvalue weighted by Gasteiger charge is -2.13. The van der Waals surface area contributed by atoms with Crippen molar-refractivity contribution in [3.63, 3.8) is 0 Å². The molecule has 1 aromatic rings. The summed E-state index contributed by atoms with van der Waals surface area (Å²) in [7, 11) is 4.03. The van der Waals surface area contributed by atoms with Gasteiger partial charge < -0.3 is 10.0 Å². The molecule has 0 amide bonds. The SMILES string of the molecule is CN(C)c1ncc(CN2C[C@H](O)C3(CC3)C2)s1. The van der Waals surface area contributed by atoms with E-state index >= 15 is 0 Å². The van der Waals surface area contributed by atoms with Crippen molar-refractivity contribution >= 4 is 16.5 Å². The van der Waals surface area contributed by atoms with Crippen molar-refractivity contribution in [1.82, 2.24) is 9.88 Å². The van der Waals surface area contributed by atoms with Gasteiger partial charge in [0.25, 0.3) is 0 Å². The van der Waals surface area contributed by atoms with Crippen LogP contribution in [0.1, 0.15) is 17.7 Å². The van der Waals surface area contributed by atoms with Crippen LogP contribution in [0.25, 0.3) is 0 Å². The predicted molar refractivity (Wildman–Crippen MR) is 69.4 cm³/mol. The average Bonchev–Trinajstić information content (AvgIpc) is 2.77. The predicted octanol–water partition coefficient (Wildman–Crippen LogP) is 1.17. The minimum Gasteiger partial charge on any atom is -0.391 e. The third-order valence-electron chi connectivity index (χ3n) is 3.87. The molecule has 0 aromatic carbocycles. The maximum Gasteiger partial charge on any atom is 0.185 e. The molecule has 0 unspecified atom stereocenters. The van der Waals surface area contributed by atoms with Gasteiger partial charge in [-0.1, -0.05) is 0 Å². The molecule has 17 heavy (non-hydrogen) atoms. The first kappa shape index (κ1) is 11.4. The summed E-state index contributed by atoms with van der Waals surface area (Å²) in [6, 6.07) is 0. The molecule has 1 N–H and O–H groups in total. The van der Waals surface area contributed by atoms with Gasteiger partial charge in [0.05, 0.1) is 6.10 Å². The molecule has 0 radical (unpaired) electrons. The highest BCUT2D eigenvalue weighted by atomic mass is 32.1. The van der Waals surface area contributed by atoms with Crippen LogP contribution in [0.3, 0.4) is 0 Å². The standard InChI is InChI=1S/C12H19N3OS/c1-14(2)11-13-5-9(17-11)6-15-7-10(16)12(8-15)3-4-12/h5,10,16H,3-4,6-8H2,1-2H3/t10-/m0/s1. The third kappa shape index (κ3) is 2.07. The van der Waals surface area contributed by atoms with Crippen molar-refractivity contribution in [3.8, 4) is 0 Å². The van der Waals surface area contributed by atoms with Gasteiger partial charge >= 0.3 is 0 Å². The van der Waals surface area contributed by atoms with Crippen molar-refractivity contribution in [1.29, 1.82) is 0 Å². The second-order valence-electron chi connectivity index (χ2n) is 5.55. The van der Waals surface area contributed by atoms with Crippen LogP contribution in [0.2, 0.25) is 0 Å². The van der Waals surface area contributed by atoms with Gasteiger partial charge in [-0.2, -0.15) is 0 Å². The number of thiazole rings is 1. The van der Waals surface area contributed by atoms with Crippen molar-refractivity contribution < 1.29 is 5.11 Å². The molecule has 94 valence electrons. The zero-order valence-electron chi connectivity index (χ0n) is 10.4. The fourth-order valence-electron chi connectivity index (χ4n) is 2.62. The lowest BCUT2D eigenvalue weighted by atomic mass is 10.0. The van der Waals surface area contributed by atoms with Crippen LogP contribution >= 0.6 is 11.3 Å². The summed E-state index contributed by atoms with van der Waals surface area (Å²) in [5, 5.41) is 11.1. The molecular weight excluding hydrogens is 234 g/mol. The lowest BCUT2D eigenvalue weighted by Crippen LogP contribution is -2.20. The Balaban J connectivity index is 1.63. The number of likely N-dealkylation sites (tertiary alicyclic amines) is 1. The zero-order chi connectivity index (χ0) is 12.0. The molecule has 1 spiro atoms. The highest BCUT2D eigenvalue weighted by Crippen LogP contribution is 2.53. The lowest BCUT2D eigenvalue weighted by molar-refractivity contribution is 0.131. The molecule has 2 aliphatic rings. The van der Waals surface area contributed by atoms with Gasteiger partial charge in [0, 0.05) is 50.2 Å². The van der Waals surface area contributed by atoms with E-state index < -0.39 is 0 Å². The third-order valence-corrected chi connectivity index (χ3v) is 5.02. The Morgan fingerprint density at radius 2 is 2.35 bits per heavy atom. The summed E-state index contributed by atoms with van der Waals surface area (Å²) < 4.78 is 0. The quantitative estimate of drug-likeness (QED) is 0.877. The summed E-state index contributed by atoms with van der Waals surface area (Å²) in [5.74, 6) is 0. The molecule has 1 aliphatic carbocycles. The number of rotatable bonds is 3. The topological polar surface area (TPSA) is 39.6 Å². The van der Waals surface area contributed by atoms with Crippen molar-refractivity contribution in [3.05, 3.63) is 11.1 Å². The average molecular weight is 253 g/mol. The smallest absolute Gasteiger partial charge is 0.185 e. The number of hydrogen-bond donors (Lipinski definition) is 1. The number of aromatic nitrogens is 1. The first-order chi connectivity index (χ1) is 8.09. The first-order valence-corrected chi connectivity index (χ1v) is 6.93. The largest absolute Gasteiger partial charge is 0.391 e. The van der Waals surface area contributed by atoms with E-state index in [9.17, 15) is 5.11 Å². The molecule has 2 heterocycles. The Kier molecular flexibility index (Phi) is 2.65. The summed E-state index contributed by atoms with van der Waals surface area (Å²) >= 11 is 1.74. The molecule has 1 aliphatic heterocycles. The highest BCUT2D eigenvalue weighted by Gasteiger charge is 2.54. The van der Waals surface area contributed by atoms with Crippen LogP contribution in [-0.4, -0.2) is 48.3 Å². The second-order valence-corrected chi connectivity index (χ2v) is 6.65. The minimum atomic E-state index is -0.108. The van der Waals surface area contributed by atoms with Crippen LogP contribution in [0.5, 0.6) is 0 Å². The normalized spacial score (nSPS) is 26.6. The molecule has 0 bridgehead atoms. The maximum absolute atomic E-state index is 10.00. The van der Waals surface area contributed by atoms with E-state index in [-0.39, 0.29) is 11.5 Å². The molecule has 1 atom stereocenters. The Labute approximate surface area is 106 Å². The van der Waals surface area contributed by atoms with E-state index in [0.717, 1.165) is 24.8 Å². The summed E-state index contributed by atoms with van der Waals surface area (Å²) in [6.07, 6.45) is 4.26. The fourth-order valence-corrected chi connectivity index (χ4v) is 3.50. The Morgan fingerprint density at radius 3 is 2.88 bits per heavy atom. The number of aliphatic hydroxyl groups excluding tert-OH is 1. The van der Waals surface area contributed by atoms with Crippen LogP contribution < -0.4 is 4.90 Å². The van der Waals surface area contributed by atoms with Crippen LogP contribution in [-0.2, 0) is 6.54 Å². The Bertz CT molecular complexity index is 414. The van der Waals surface area contributed by atoms with Crippen molar-refractivity contribution in [2.45, 2.75) is 25.5 Å². The van der Waals surface area contributed by atoms with Crippen molar-refractivity contribution in [2.75, 3.05) is 32.1 Å². The molecule has 4 nitrogen and oxygen atoms in total. The maximum atomic E-state index is 10.00. The van der Waals surface area contributed by atoms with Gasteiger partial charge in [0.15, 0.2) is 5.13 Å². The van der Waals surface area contributed by atoms with Gasteiger partial charge in [-0.05, 0) is 12.8 Å². The summed E-state index contributed by atoms with van der Waals surface area (Å²) in [4.78, 5) is 10.1. The first-order valence-electron chi connectivity index (χ1n) is 6.11. The summed E-state index contributed by atoms with van der Waals surface area (Å²) in [6.45, 7) is 2.82. The van der Waals surface area contributed by atoms with E-state index in [1.54, 1.807) is 11.3 Å². The molecule has 5 heteroatoms. The molecular formula is C12H19N3OS. The van der Waals surface area contributed by atoms with Gasteiger partial charge in [-0.25, -0.2) is 4.98 Å². The van der Waals surface area contributed by atoms with Gasteiger partial charge in [0.2, 0.25) is 0 Å². The number of β-amino-alcohol motifs (C(OH)–C–C–N with tert-alkyl or cyclic N) is 1. The Hall–Kier alpha value is -0.650. The molecule has 1 saturated carbocycles. The second kappa shape index (κ2) is 3.93. The zero-order valence-corrected chi connectivity index (χ0v) is 11.2. The van der Waals surface area contributed by atoms with E-state index in [2.05, 4.69) is 9.88 Å². The number of nitrogens with zero attached hydrogens (tertiary/aromatic N) is 3. The Morgan fingerprint density at radius 1 is 1.59 bits per heavy atom. The fraction of sp³-hybridized carbons (Fsp3) is 0.750. The van der Waals surface area contributed by atoms with E-state index in [4.69, 9.17) is 0 Å². The molecule has 3 rings (SSSR count). The molecule has 1 aromatic heterocycles. The van der Waals surface area contributed by atoms with Crippen LogP contribution in [0, 0.1) is 5.41 Å². The molecule has 2 fully saturated rings. The minimum absolute atomic E-state index is 0.108. The van der Waals surface area contributed by atoms with Crippen LogP contribution in [0.4, 0.5) is 5.13 Å². The number of anilines is 1. The van der Waals surface area contributed by atoms with E-state index in [1.807, 2.05) is 25.2 Å². The van der Waals surface area contributed by atoms with Gasteiger partial charge in [0.1, 0.15) is 0 Å². The highest BCUT2D eigenvalue weighted by molar-refractivity contribution is 7.15. The number of hydrogen-bond acceptors (Lipinski definition) is 5. The van der Waals surface area contributed by atoms with E-state index in [1.165, 1.54) is 17.7 Å². The van der Waals surface area contributed by atoms with Gasteiger partial charge in [-0.15, -0.1) is 11.3 Å². The van der Waals surface area contributed by atoms with Crippen molar-refractivity contribution in [2.24, 2.45) is 5.41 Å². The summed E-state index contributed by atoms with van der Waals surface area (Å²) in [5.41, 5.74) is 0.259. The van der Waals surface area contributed by atoms with Gasteiger partial charge in [-0.3, -0.25) is 4.90 Å². The van der Waals surface area contributed by atoms with Crippen LogP contribution in [0.15, 0.2) is 6.20 Å². The monoisotopic (exact) mass is 253 g/mol. The number of aliphatic hydroxyl groups is 1.